The normalized spacial score (nSPS) is 21.0. The summed E-state index contributed by atoms with van der Waals surface area (Å²) in [5.74, 6) is 0.686. The van der Waals surface area contributed by atoms with Crippen LogP contribution < -0.4 is 20.3 Å². The number of amides is 4. The molecule has 2 aromatic carbocycles. The number of hydrogen-bond donors (Lipinski definition) is 2. The summed E-state index contributed by atoms with van der Waals surface area (Å²) in [6, 6.07) is 15.6. The van der Waals surface area contributed by atoms with E-state index in [1.54, 1.807) is 22.1 Å². The van der Waals surface area contributed by atoms with Crippen LogP contribution in [0.2, 0.25) is 0 Å². The Morgan fingerprint density at radius 2 is 1.91 bits per heavy atom. The van der Waals surface area contributed by atoms with E-state index < -0.39 is 21.1 Å². The summed E-state index contributed by atoms with van der Waals surface area (Å²) in [4.78, 5) is 47.6. The summed E-state index contributed by atoms with van der Waals surface area (Å²) >= 11 is 1.31. The summed E-state index contributed by atoms with van der Waals surface area (Å²) in [5, 5.41) is 6.16. The number of nitrogens with one attached hydrogen (secondary N) is 2. The molecule has 0 spiro atoms. The molecule has 11 nitrogen and oxygen atoms in total. The zero-order chi connectivity index (χ0) is 31.0. The Morgan fingerprint density at radius 1 is 1.11 bits per heavy atom. The molecule has 2 N–H and O–H groups in total. The molecule has 3 atom stereocenters. The maximum Gasteiger partial charge on any atom is 0.327 e. The van der Waals surface area contributed by atoms with E-state index in [1.165, 1.54) is 11.8 Å². The molecule has 230 valence electrons. The van der Waals surface area contributed by atoms with Gasteiger partial charge in [0.25, 0.3) is 0 Å². The quantitative estimate of drug-likeness (QED) is 0.378. The first kappa shape index (κ1) is 29.9. The molecule has 13 heteroatoms. The smallest absolute Gasteiger partial charge is 0.327 e. The zero-order valence-electron chi connectivity index (χ0n) is 24.4. The van der Waals surface area contributed by atoms with Crippen LogP contribution in [0.25, 0.3) is 0 Å². The monoisotopic (exact) mass is 635 g/mol. The number of aromatic nitrogens is 1. The highest BCUT2D eigenvalue weighted by Crippen LogP contribution is 2.51. The number of urea groups is 1. The Kier molecular flexibility index (Phi) is 8.25. The summed E-state index contributed by atoms with van der Waals surface area (Å²) in [7, 11) is -3.25. The van der Waals surface area contributed by atoms with E-state index in [0.29, 0.717) is 53.8 Å². The summed E-state index contributed by atoms with van der Waals surface area (Å²) in [5.41, 5.74) is 3.00. The molecule has 1 saturated heterocycles. The van der Waals surface area contributed by atoms with Crippen LogP contribution in [0.15, 0.2) is 65.8 Å². The molecule has 44 heavy (non-hydrogen) atoms. The van der Waals surface area contributed by atoms with Crippen LogP contribution in [0.4, 0.5) is 16.2 Å². The Morgan fingerprint density at radius 3 is 2.66 bits per heavy atom. The van der Waals surface area contributed by atoms with E-state index in [1.807, 2.05) is 55.5 Å². The molecule has 1 aromatic heterocycles. The van der Waals surface area contributed by atoms with Gasteiger partial charge in [-0.2, -0.15) is 0 Å². The van der Waals surface area contributed by atoms with E-state index in [-0.39, 0.29) is 36.1 Å². The highest BCUT2D eigenvalue weighted by atomic mass is 32.2. The van der Waals surface area contributed by atoms with Crippen LogP contribution in [-0.2, 0) is 19.4 Å². The van der Waals surface area contributed by atoms with E-state index in [2.05, 4.69) is 15.6 Å². The maximum absolute atomic E-state index is 13.6. The van der Waals surface area contributed by atoms with E-state index in [9.17, 15) is 22.8 Å². The van der Waals surface area contributed by atoms with Gasteiger partial charge in [0.15, 0.2) is 0 Å². The van der Waals surface area contributed by atoms with E-state index in [4.69, 9.17) is 4.74 Å². The van der Waals surface area contributed by atoms with Crippen molar-refractivity contribution in [3.05, 3.63) is 71.9 Å². The number of anilines is 2. The molecule has 0 bridgehead atoms. The lowest BCUT2D eigenvalue weighted by Gasteiger charge is -2.36. The zero-order valence-corrected chi connectivity index (χ0v) is 26.0. The summed E-state index contributed by atoms with van der Waals surface area (Å²) in [6.45, 7) is 2.76. The average Bonchev–Trinajstić information content (AvgIpc) is 3.36. The molecule has 0 aliphatic carbocycles. The molecular formula is C31H33N5O6S2. The number of rotatable bonds is 8. The fourth-order valence-corrected chi connectivity index (χ4v) is 7.65. The van der Waals surface area contributed by atoms with Crippen molar-refractivity contribution in [2.75, 3.05) is 30.0 Å². The number of benzene rings is 2. The first-order valence-electron chi connectivity index (χ1n) is 14.4. The van der Waals surface area contributed by atoms with Crippen LogP contribution in [0.5, 0.6) is 11.5 Å². The number of pyridine rings is 1. The standard InChI is InChI=1S/C31H33N5O6S2/c1-19-17-22(42-21-8-4-3-5-9-21)10-11-23(19)36-24-12-14-32-30-26(24)27(34-31(36)39)28(43-30)29(38)33-20-7-6-15-35(18-20)25(37)13-16-44(2,40)41/h3-5,8-12,14,17,20,27-28H,6-7,13,15-16,18H2,1-2H3,(H,33,38)(H,34,39)/t20?,27?,28-/m1/s1. The van der Waals surface area contributed by atoms with Crippen LogP contribution in [-0.4, -0.2) is 72.5 Å². The molecule has 4 amide bonds. The molecule has 0 saturated carbocycles. The predicted octanol–water partition coefficient (Wildman–Crippen LogP) is 4.10. The lowest BCUT2D eigenvalue weighted by Crippen LogP contribution is -2.53. The Bertz CT molecular complexity index is 1720. The molecule has 3 aliphatic heterocycles. The van der Waals surface area contributed by atoms with Gasteiger partial charge in [-0.15, -0.1) is 0 Å². The van der Waals surface area contributed by atoms with Crippen molar-refractivity contribution >= 4 is 50.8 Å². The predicted molar refractivity (Wildman–Crippen MR) is 167 cm³/mol. The number of aryl methyl sites for hydroxylation is 1. The van der Waals surface area contributed by atoms with E-state index >= 15 is 0 Å². The molecule has 0 radical (unpaired) electrons. The molecule has 3 aromatic rings. The van der Waals surface area contributed by atoms with Gasteiger partial charge in [0.05, 0.1) is 23.2 Å². The maximum atomic E-state index is 13.6. The third kappa shape index (κ3) is 6.25. The third-order valence-electron chi connectivity index (χ3n) is 7.96. The Labute approximate surface area is 260 Å². The summed E-state index contributed by atoms with van der Waals surface area (Å²) in [6.07, 6.45) is 4.08. The highest BCUT2D eigenvalue weighted by Gasteiger charge is 2.47. The summed E-state index contributed by atoms with van der Waals surface area (Å²) < 4.78 is 29.0. The van der Waals surface area contributed by atoms with Gasteiger partial charge in [0.1, 0.15) is 31.6 Å². The van der Waals surface area contributed by atoms with Gasteiger partial charge in [0.2, 0.25) is 11.8 Å². The number of carbonyl (C=O) groups is 3. The number of likely N-dealkylation sites (tertiary alicyclic amines) is 1. The van der Waals surface area contributed by atoms with Crippen LogP contribution in [0.1, 0.15) is 36.4 Å². The first-order valence-corrected chi connectivity index (χ1v) is 17.4. The Hall–Kier alpha value is -4.10. The number of thioether (sulfide) groups is 1. The Balaban J connectivity index is 1.17. The van der Waals surface area contributed by atoms with Gasteiger partial charge in [-0.3, -0.25) is 14.5 Å². The minimum atomic E-state index is -3.25. The van der Waals surface area contributed by atoms with Crippen molar-refractivity contribution in [2.45, 2.75) is 48.5 Å². The second-order valence-corrected chi connectivity index (χ2v) is 14.7. The third-order valence-corrected chi connectivity index (χ3v) is 10.2. The lowest BCUT2D eigenvalue weighted by molar-refractivity contribution is -0.133. The van der Waals surface area contributed by atoms with Crippen molar-refractivity contribution in [2.24, 2.45) is 0 Å². The first-order chi connectivity index (χ1) is 21.1. The van der Waals surface area contributed by atoms with E-state index in [0.717, 1.165) is 17.4 Å². The van der Waals surface area contributed by atoms with Crippen molar-refractivity contribution in [1.29, 1.82) is 0 Å². The van der Waals surface area contributed by atoms with Gasteiger partial charge in [0, 0.05) is 43.6 Å². The molecular weight excluding hydrogens is 603 g/mol. The topological polar surface area (TPSA) is 138 Å². The van der Waals surface area contributed by atoms with Crippen molar-refractivity contribution in [1.82, 2.24) is 20.5 Å². The van der Waals surface area contributed by atoms with Gasteiger partial charge in [-0.25, -0.2) is 18.2 Å². The number of nitrogens with zero attached hydrogens (tertiary/aromatic N) is 3. The molecule has 3 aliphatic rings. The van der Waals surface area contributed by atoms with Crippen molar-refractivity contribution in [3.63, 3.8) is 0 Å². The second-order valence-electron chi connectivity index (χ2n) is 11.3. The van der Waals surface area contributed by atoms with Crippen LogP contribution in [0, 0.1) is 6.92 Å². The van der Waals surface area contributed by atoms with Gasteiger partial charge < -0.3 is 20.3 Å². The number of piperidine rings is 1. The molecule has 1 fully saturated rings. The number of hydrogen-bond acceptors (Lipinski definition) is 8. The van der Waals surface area contributed by atoms with Crippen LogP contribution in [0.3, 0.4) is 0 Å². The highest BCUT2D eigenvalue weighted by molar-refractivity contribution is 8.01. The van der Waals surface area contributed by atoms with Crippen molar-refractivity contribution < 1.29 is 27.5 Å². The average molecular weight is 636 g/mol. The molecule has 4 heterocycles. The number of para-hydroxylation sites is 1. The fraction of sp³-hybridized carbons (Fsp3) is 0.355. The lowest BCUT2D eigenvalue weighted by atomic mass is 9.98. The second kappa shape index (κ2) is 12.1. The van der Waals surface area contributed by atoms with Crippen LogP contribution >= 0.6 is 11.8 Å². The van der Waals surface area contributed by atoms with Crippen molar-refractivity contribution in [3.8, 4) is 11.5 Å². The van der Waals surface area contributed by atoms with Gasteiger partial charge in [-0.05, 0) is 61.7 Å². The fourth-order valence-electron chi connectivity index (χ4n) is 5.87. The number of carbonyl (C=O) groups excluding carboxylic acids is 3. The number of sulfone groups is 1. The number of ether oxygens (including phenoxy) is 1. The largest absolute Gasteiger partial charge is 0.457 e. The minimum absolute atomic E-state index is 0.0748. The minimum Gasteiger partial charge on any atom is -0.457 e. The SMILES string of the molecule is Cc1cc(Oc2ccccc2)ccc1N1C(=O)NC2c3c1ccnc3S[C@H]2C(=O)NC1CCCN(C(=O)CCS(C)(=O)=O)C1. The van der Waals surface area contributed by atoms with Gasteiger partial charge >= 0.3 is 6.03 Å². The van der Waals surface area contributed by atoms with Gasteiger partial charge in [-0.1, -0.05) is 30.0 Å². The molecule has 6 rings (SSSR count). The molecule has 2 unspecified atom stereocenters.